The lowest BCUT2D eigenvalue weighted by Gasteiger charge is -2.39. The number of hydrogen-bond acceptors (Lipinski definition) is 12. The molecule has 2 aromatic heterocycles. The number of imidazole rings is 1. The van der Waals surface area contributed by atoms with Gasteiger partial charge in [0.05, 0.1) is 52.4 Å². The van der Waals surface area contributed by atoms with Crippen molar-refractivity contribution in [3.8, 4) is 17.6 Å². The van der Waals surface area contributed by atoms with Crippen LogP contribution in [0.2, 0.25) is 0 Å². The summed E-state index contributed by atoms with van der Waals surface area (Å²) in [6.45, 7) is 12.3. The first-order valence-electron chi connectivity index (χ1n) is 20.1. The van der Waals surface area contributed by atoms with E-state index < -0.39 is 32.6 Å². The monoisotopic (exact) mass is 855 g/mol. The average Bonchev–Trinajstić information content (AvgIpc) is 3.85. The van der Waals surface area contributed by atoms with E-state index in [-0.39, 0.29) is 49.5 Å². The SMILES string of the molecule is COc1ccc(C(OC[C@H]2O[C@@H](n3cnc4c(=S)[nH]c(NC(=O)C(C)C)nc43)C[C@@H]2OP(OCCC#N)N(C(C)C)C(C)C)(c2ccccc2)c2ccc(OC)cc2)cc1. The number of aromatic nitrogens is 4. The van der Waals surface area contributed by atoms with Crippen LogP contribution in [0, 0.1) is 21.9 Å². The third-order valence-corrected chi connectivity index (χ3v) is 12.7. The van der Waals surface area contributed by atoms with Crippen LogP contribution in [-0.4, -0.2) is 81.8 Å². The molecule has 3 aromatic carbocycles. The fourth-order valence-electron chi connectivity index (χ4n) is 7.28. The predicted molar refractivity (Wildman–Crippen MR) is 233 cm³/mol. The van der Waals surface area contributed by atoms with Gasteiger partial charge in [-0.3, -0.25) is 14.7 Å². The molecule has 318 valence electrons. The number of carbonyl (C=O) groups is 1. The number of fused-ring (bicyclic) bond motifs is 1. The lowest BCUT2D eigenvalue weighted by molar-refractivity contribution is -0.118. The van der Waals surface area contributed by atoms with Crippen molar-refractivity contribution in [3.63, 3.8) is 0 Å². The molecule has 6 rings (SSSR count). The molecule has 4 atom stereocenters. The average molecular weight is 856 g/mol. The van der Waals surface area contributed by atoms with E-state index in [9.17, 15) is 10.1 Å². The Balaban J connectivity index is 1.45. The minimum atomic E-state index is -1.66. The molecule has 2 N–H and O–H groups in total. The smallest absolute Gasteiger partial charge is 0.259 e. The number of nitrogens with one attached hydrogen (secondary N) is 2. The molecule has 60 heavy (non-hydrogen) atoms. The first-order valence-corrected chi connectivity index (χ1v) is 21.6. The number of H-pyrrole nitrogens is 1. The van der Waals surface area contributed by atoms with Crippen LogP contribution >= 0.6 is 20.7 Å². The molecule has 3 heterocycles. The van der Waals surface area contributed by atoms with Gasteiger partial charge in [0.15, 0.2) is 5.65 Å². The molecule has 1 amide bonds. The van der Waals surface area contributed by atoms with Crippen molar-refractivity contribution >= 4 is 43.8 Å². The standard InChI is InChI=1S/C44H54N7O7PS/c1-28(2)41(52)48-43-47-40-39(42(60)49-43)46-27-50(40)38-25-36(58-59(56-24-12-23-45)51(29(3)4)30(5)6)37(57-38)26-55-44(31-13-10-9-11-14-31,32-15-19-34(53-7)20-16-32)33-17-21-35(54-8)22-18-33/h9-11,13-22,27-30,36-38H,12,24-26H2,1-8H3,(H2,47,48,49,52,60)/t36-,37+,38+,59?/m0/s1. The Kier molecular flexibility index (Phi) is 15.1. The topological polar surface area (TPSA) is 158 Å². The number of nitrogens with zero attached hydrogens (tertiary/aromatic N) is 5. The predicted octanol–water partition coefficient (Wildman–Crippen LogP) is 9.06. The first kappa shape index (κ1) is 44.8. The minimum absolute atomic E-state index is 0.0740. The Bertz CT molecular complexity index is 2230. The van der Waals surface area contributed by atoms with Crippen LogP contribution in [0.5, 0.6) is 11.5 Å². The molecule has 14 nitrogen and oxygen atoms in total. The van der Waals surface area contributed by atoms with E-state index >= 15 is 0 Å². The van der Waals surface area contributed by atoms with Gasteiger partial charge in [-0.1, -0.05) is 80.7 Å². The summed E-state index contributed by atoms with van der Waals surface area (Å²) in [5, 5.41) is 12.2. The zero-order valence-electron chi connectivity index (χ0n) is 35.3. The molecular formula is C44H54N7O7PS. The van der Waals surface area contributed by atoms with Crippen molar-refractivity contribution < 1.29 is 32.8 Å². The largest absolute Gasteiger partial charge is 0.497 e. The van der Waals surface area contributed by atoms with E-state index in [1.807, 2.05) is 71.3 Å². The Morgan fingerprint density at radius 2 is 1.58 bits per heavy atom. The molecule has 0 radical (unpaired) electrons. The number of anilines is 1. The number of carbonyl (C=O) groups excluding carboxylic acids is 1. The van der Waals surface area contributed by atoms with Crippen LogP contribution in [0.1, 0.15) is 77.3 Å². The Hall–Kier alpha value is -4.78. The fraction of sp³-hybridized carbons (Fsp3) is 0.432. The van der Waals surface area contributed by atoms with Crippen LogP contribution in [0.4, 0.5) is 5.95 Å². The Morgan fingerprint density at radius 1 is 0.983 bits per heavy atom. The molecule has 1 fully saturated rings. The third kappa shape index (κ3) is 9.88. The number of rotatable bonds is 19. The molecule has 16 heteroatoms. The minimum Gasteiger partial charge on any atom is -0.497 e. The van der Waals surface area contributed by atoms with Gasteiger partial charge in [-0.25, -0.2) is 9.65 Å². The van der Waals surface area contributed by atoms with Gasteiger partial charge in [0.1, 0.15) is 39.6 Å². The zero-order chi connectivity index (χ0) is 43.0. The van der Waals surface area contributed by atoms with Crippen molar-refractivity contribution in [1.82, 2.24) is 24.2 Å². The molecule has 0 spiro atoms. The molecule has 1 unspecified atom stereocenters. The highest BCUT2D eigenvalue weighted by Crippen LogP contribution is 2.51. The normalized spacial score (nSPS) is 17.4. The van der Waals surface area contributed by atoms with E-state index in [4.69, 9.17) is 45.2 Å². The summed E-state index contributed by atoms with van der Waals surface area (Å²) in [6.07, 6.45) is 0.407. The summed E-state index contributed by atoms with van der Waals surface area (Å²) >= 11 is 5.67. The second kappa shape index (κ2) is 20.2. The van der Waals surface area contributed by atoms with Crippen molar-refractivity contribution in [2.45, 2.75) is 90.5 Å². The highest BCUT2D eigenvalue weighted by Gasteiger charge is 2.45. The molecule has 5 aromatic rings. The summed E-state index contributed by atoms with van der Waals surface area (Å²) in [6, 6.07) is 28.1. The number of hydrogen-bond donors (Lipinski definition) is 2. The number of aromatic amines is 1. The number of amides is 1. The van der Waals surface area contributed by atoms with E-state index in [2.05, 4.69) is 65.9 Å². The van der Waals surface area contributed by atoms with E-state index in [1.54, 1.807) is 34.4 Å². The lowest BCUT2D eigenvalue weighted by atomic mass is 9.80. The summed E-state index contributed by atoms with van der Waals surface area (Å²) in [5.41, 5.74) is 2.42. The first-order chi connectivity index (χ1) is 28.9. The molecule has 1 saturated heterocycles. The number of ether oxygens (including phenoxy) is 4. The fourth-order valence-corrected chi connectivity index (χ4v) is 9.28. The van der Waals surface area contributed by atoms with E-state index in [1.165, 1.54) is 0 Å². The molecular weight excluding hydrogens is 802 g/mol. The molecule has 0 bridgehead atoms. The van der Waals surface area contributed by atoms with Gasteiger partial charge in [-0.2, -0.15) is 10.2 Å². The quantitative estimate of drug-likeness (QED) is 0.0352. The molecule has 0 aliphatic carbocycles. The summed E-state index contributed by atoms with van der Waals surface area (Å²) < 4.78 is 43.2. The maximum atomic E-state index is 12.7. The summed E-state index contributed by atoms with van der Waals surface area (Å²) in [7, 11) is 1.62. The van der Waals surface area contributed by atoms with E-state index in [0.717, 1.165) is 16.7 Å². The van der Waals surface area contributed by atoms with Gasteiger partial charge in [0.25, 0.3) is 8.53 Å². The summed E-state index contributed by atoms with van der Waals surface area (Å²) in [4.78, 5) is 25.0. The van der Waals surface area contributed by atoms with Gasteiger partial charge < -0.3 is 33.0 Å². The Morgan fingerprint density at radius 3 is 2.13 bits per heavy atom. The van der Waals surface area contributed by atoms with Gasteiger partial charge >= 0.3 is 0 Å². The van der Waals surface area contributed by atoms with Crippen molar-refractivity contribution in [1.29, 1.82) is 5.26 Å². The van der Waals surface area contributed by atoms with Crippen LogP contribution < -0.4 is 14.8 Å². The van der Waals surface area contributed by atoms with Crippen molar-refractivity contribution in [3.05, 3.63) is 107 Å². The molecule has 0 saturated carbocycles. The van der Waals surface area contributed by atoms with Crippen LogP contribution in [0.25, 0.3) is 11.2 Å². The number of benzene rings is 3. The Labute approximate surface area is 358 Å². The second-order valence-corrected chi connectivity index (χ2v) is 17.1. The van der Waals surface area contributed by atoms with Gasteiger partial charge in [0, 0.05) is 24.4 Å². The highest BCUT2D eigenvalue weighted by molar-refractivity contribution is 7.71. The second-order valence-electron chi connectivity index (χ2n) is 15.3. The van der Waals surface area contributed by atoms with Crippen LogP contribution in [0.3, 0.4) is 0 Å². The van der Waals surface area contributed by atoms with Crippen LogP contribution in [0.15, 0.2) is 85.2 Å². The van der Waals surface area contributed by atoms with Gasteiger partial charge in [-0.05, 0) is 68.7 Å². The highest BCUT2D eigenvalue weighted by atomic mass is 32.1. The lowest BCUT2D eigenvalue weighted by Crippen LogP contribution is -2.39. The van der Waals surface area contributed by atoms with Gasteiger partial charge in [-0.15, -0.1) is 0 Å². The van der Waals surface area contributed by atoms with Crippen molar-refractivity contribution in [2.75, 3.05) is 32.8 Å². The van der Waals surface area contributed by atoms with Crippen LogP contribution in [-0.2, 0) is 28.9 Å². The van der Waals surface area contributed by atoms with Gasteiger partial charge in [0.2, 0.25) is 11.9 Å². The number of methoxy groups -OCH3 is 2. The summed E-state index contributed by atoms with van der Waals surface area (Å²) in [5.74, 6) is 1.16. The van der Waals surface area contributed by atoms with E-state index in [0.29, 0.717) is 33.7 Å². The maximum absolute atomic E-state index is 12.7. The third-order valence-electron chi connectivity index (χ3n) is 10.2. The number of nitriles is 1. The molecule has 1 aliphatic rings. The van der Waals surface area contributed by atoms with Crippen molar-refractivity contribution in [2.24, 2.45) is 5.92 Å². The zero-order valence-corrected chi connectivity index (χ0v) is 37.0. The maximum Gasteiger partial charge on any atom is 0.259 e. The molecule has 1 aliphatic heterocycles.